The van der Waals surface area contributed by atoms with Gasteiger partial charge < -0.3 is 5.32 Å². The summed E-state index contributed by atoms with van der Waals surface area (Å²) in [6.45, 7) is -0.444. The number of benzene rings is 2. The highest BCUT2D eigenvalue weighted by Crippen LogP contribution is 2.19. The van der Waals surface area contributed by atoms with E-state index in [2.05, 4.69) is 5.32 Å². The largest absolute Gasteiger partial charge is 0.322 e. The van der Waals surface area contributed by atoms with Crippen LogP contribution in [0.1, 0.15) is 15.9 Å². The first-order valence-corrected chi connectivity index (χ1v) is 7.03. The number of para-hydroxylation sites is 1. The molecular formula is C17H13FN2O3. The van der Waals surface area contributed by atoms with E-state index >= 15 is 0 Å². The van der Waals surface area contributed by atoms with Gasteiger partial charge in [0.15, 0.2) is 0 Å². The van der Waals surface area contributed by atoms with Crippen LogP contribution in [0.25, 0.3) is 0 Å². The van der Waals surface area contributed by atoms with E-state index < -0.39 is 30.1 Å². The average Bonchev–Trinajstić information content (AvgIpc) is 2.54. The van der Waals surface area contributed by atoms with Gasteiger partial charge in [-0.3, -0.25) is 19.3 Å². The molecular weight excluding hydrogens is 299 g/mol. The Labute approximate surface area is 131 Å². The summed E-state index contributed by atoms with van der Waals surface area (Å²) < 4.78 is 13.5. The SMILES string of the molecule is O=C(CN1C(=O)Cc2ccccc2C1=O)Nc1ccccc1F. The third-order valence-corrected chi connectivity index (χ3v) is 3.59. The number of anilines is 1. The Morgan fingerprint density at radius 2 is 1.78 bits per heavy atom. The monoisotopic (exact) mass is 312 g/mol. The fourth-order valence-electron chi connectivity index (χ4n) is 2.46. The van der Waals surface area contributed by atoms with Crippen LogP contribution in [0.3, 0.4) is 0 Å². The predicted octanol–water partition coefficient (Wildman–Crippen LogP) is 1.99. The first-order chi connectivity index (χ1) is 11.1. The van der Waals surface area contributed by atoms with Crippen molar-refractivity contribution in [1.29, 1.82) is 0 Å². The number of nitrogens with one attached hydrogen (secondary N) is 1. The molecule has 0 bridgehead atoms. The normalized spacial score (nSPS) is 13.7. The lowest BCUT2D eigenvalue weighted by Crippen LogP contribution is -2.46. The number of hydrogen-bond donors (Lipinski definition) is 1. The first kappa shape index (κ1) is 14.9. The van der Waals surface area contributed by atoms with Crippen molar-refractivity contribution in [2.24, 2.45) is 0 Å². The van der Waals surface area contributed by atoms with Crippen molar-refractivity contribution in [3.63, 3.8) is 0 Å². The Balaban J connectivity index is 1.75. The molecule has 23 heavy (non-hydrogen) atoms. The Hall–Kier alpha value is -3.02. The molecule has 0 unspecified atom stereocenters. The summed E-state index contributed by atoms with van der Waals surface area (Å²) in [4.78, 5) is 37.3. The van der Waals surface area contributed by atoms with Crippen LogP contribution in [0, 0.1) is 5.82 Å². The maximum atomic E-state index is 13.5. The summed E-state index contributed by atoms with van der Waals surface area (Å²) in [5.74, 6) is -2.17. The van der Waals surface area contributed by atoms with Gasteiger partial charge in [0.2, 0.25) is 11.8 Å². The van der Waals surface area contributed by atoms with E-state index in [1.807, 2.05) is 0 Å². The third kappa shape index (κ3) is 2.96. The zero-order valence-corrected chi connectivity index (χ0v) is 12.1. The summed E-state index contributed by atoms with van der Waals surface area (Å²) in [5, 5.41) is 2.36. The molecule has 2 aromatic rings. The molecule has 2 aromatic carbocycles. The fourth-order valence-corrected chi connectivity index (χ4v) is 2.46. The van der Waals surface area contributed by atoms with Crippen LogP contribution in [0.5, 0.6) is 0 Å². The van der Waals surface area contributed by atoms with Crippen LogP contribution in [-0.4, -0.2) is 29.2 Å². The molecule has 3 rings (SSSR count). The van der Waals surface area contributed by atoms with Gasteiger partial charge in [0.05, 0.1) is 12.1 Å². The first-order valence-electron chi connectivity index (χ1n) is 7.03. The average molecular weight is 312 g/mol. The van der Waals surface area contributed by atoms with Crippen LogP contribution in [0.4, 0.5) is 10.1 Å². The number of carbonyl (C=O) groups is 3. The van der Waals surface area contributed by atoms with Gasteiger partial charge in [0.1, 0.15) is 12.4 Å². The summed E-state index contributed by atoms with van der Waals surface area (Å²) in [5.41, 5.74) is 1.06. The van der Waals surface area contributed by atoms with Gasteiger partial charge in [-0.2, -0.15) is 0 Å². The van der Waals surface area contributed by atoms with Crippen molar-refractivity contribution < 1.29 is 18.8 Å². The third-order valence-electron chi connectivity index (χ3n) is 3.59. The summed E-state index contributed by atoms with van der Waals surface area (Å²) in [6, 6.07) is 12.5. The molecule has 0 aliphatic carbocycles. The molecule has 5 nitrogen and oxygen atoms in total. The molecule has 0 atom stereocenters. The molecule has 1 aliphatic heterocycles. The number of amides is 3. The number of carbonyl (C=O) groups excluding carboxylic acids is 3. The highest BCUT2D eigenvalue weighted by molar-refractivity contribution is 6.12. The number of imide groups is 1. The maximum absolute atomic E-state index is 13.5. The Kier molecular flexibility index (Phi) is 3.89. The lowest BCUT2D eigenvalue weighted by Gasteiger charge is -2.26. The molecule has 1 N–H and O–H groups in total. The van der Waals surface area contributed by atoms with Crippen molar-refractivity contribution in [3.8, 4) is 0 Å². The quantitative estimate of drug-likeness (QED) is 0.881. The number of rotatable bonds is 3. The highest BCUT2D eigenvalue weighted by atomic mass is 19.1. The Morgan fingerprint density at radius 3 is 2.57 bits per heavy atom. The smallest absolute Gasteiger partial charge is 0.261 e. The fraction of sp³-hybridized carbons (Fsp3) is 0.118. The molecule has 0 saturated carbocycles. The minimum atomic E-state index is -0.629. The lowest BCUT2D eigenvalue weighted by atomic mass is 9.98. The minimum Gasteiger partial charge on any atom is -0.322 e. The van der Waals surface area contributed by atoms with Gasteiger partial charge >= 0.3 is 0 Å². The number of fused-ring (bicyclic) bond motifs is 1. The van der Waals surface area contributed by atoms with Gasteiger partial charge in [-0.1, -0.05) is 30.3 Å². The zero-order chi connectivity index (χ0) is 16.4. The van der Waals surface area contributed by atoms with E-state index in [-0.39, 0.29) is 12.1 Å². The number of nitrogens with zero attached hydrogens (tertiary/aromatic N) is 1. The Bertz CT molecular complexity index is 804. The molecule has 0 fully saturated rings. The molecule has 6 heteroatoms. The summed E-state index contributed by atoms with van der Waals surface area (Å²) in [6.07, 6.45) is 0.0644. The molecule has 1 heterocycles. The van der Waals surface area contributed by atoms with Crippen molar-refractivity contribution in [2.45, 2.75) is 6.42 Å². The van der Waals surface area contributed by atoms with Gasteiger partial charge in [-0.05, 0) is 23.8 Å². The molecule has 1 aliphatic rings. The van der Waals surface area contributed by atoms with Crippen LogP contribution >= 0.6 is 0 Å². The van der Waals surface area contributed by atoms with E-state index in [9.17, 15) is 18.8 Å². The van der Waals surface area contributed by atoms with Crippen molar-refractivity contribution in [3.05, 3.63) is 65.5 Å². The summed E-state index contributed by atoms with van der Waals surface area (Å²) in [7, 11) is 0. The molecule has 3 amide bonds. The molecule has 0 saturated heterocycles. The maximum Gasteiger partial charge on any atom is 0.261 e. The minimum absolute atomic E-state index is 0.00908. The van der Waals surface area contributed by atoms with E-state index in [0.717, 1.165) is 4.90 Å². The summed E-state index contributed by atoms with van der Waals surface area (Å²) >= 11 is 0. The molecule has 116 valence electrons. The van der Waals surface area contributed by atoms with E-state index in [4.69, 9.17) is 0 Å². The predicted molar refractivity (Wildman–Crippen MR) is 81.2 cm³/mol. The van der Waals surface area contributed by atoms with Crippen LogP contribution in [-0.2, 0) is 16.0 Å². The van der Waals surface area contributed by atoms with Crippen LogP contribution in [0.2, 0.25) is 0 Å². The molecule has 0 aromatic heterocycles. The van der Waals surface area contributed by atoms with E-state index in [0.29, 0.717) is 11.1 Å². The standard InChI is InChI=1S/C17H13FN2O3/c18-13-7-3-4-8-14(13)19-15(21)10-20-16(22)9-11-5-1-2-6-12(11)17(20)23/h1-8H,9-10H2,(H,19,21). The topological polar surface area (TPSA) is 66.5 Å². The number of hydrogen-bond acceptors (Lipinski definition) is 3. The second-order valence-electron chi connectivity index (χ2n) is 5.15. The molecule has 0 radical (unpaired) electrons. The lowest BCUT2D eigenvalue weighted by molar-refractivity contribution is -0.131. The van der Waals surface area contributed by atoms with Crippen molar-refractivity contribution >= 4 is 23.4 Å². The van der Waals surface area contributed by atoms with Gasteiger partial charge in [-0.25, -0.2) is 4.39 Å². The van der Waals surface area contributed by atoms with Crippen LogP contribution in [0.15, 0.2) is 48.5 Å². The van der Waals surface area contributed by atoms with E-state index in [1.54, 1.807) is 30.3 Å². The zero-order valence-electron chi connectivity index (χ0n) is 12.1. The Morgan fingerprint density at radius 1 is 1.09 bits per heavy atom. The second kappa shape index (κ2) is 6.00. The van der Waals surface area contributed by atoms with Crippen LogP contribution < -0.4 is 5.32 Å². The van der Waals surface area contributed by atoms with Crippen molar-refractivity contribution in [1.82, 2.24) is 4.90 Å². The van der Waals surface area contributed by atoms with Gasteiger partial charge in [-0.15, -0.1) is 0 Å². The molecule has 0 spiro atoms. The van der Waals surface area contributed by atoms with Crippen molar-refractivity contribution in [2.75, 3.05) is 11.9 Å². The number of halogens is 1. The van der Waals surface area contributed by atoms with E-state index in [1.165, 1.54) is 18.2 Å². The second-order valence-corrected chi connectivity index (χ2v) is 5.15. The van der Waals surface area contributed by atoms with Gasteiger partial charge in [0.25, 0.3) is 5.91 Å². The highest BCUT2D eigenvalue weighted by Gasteiger charge is 2.31. The van der Waals surface area contributed by atoms with Gasteiger partial charge in [0, 0.05) is 5.56 Å².